The zero-order valence-electron chi connectivity index (χ0n) is 14.7. The molecule has 0 saturated carbocycles. The van der Waals surface area contributed by atoms with Crippen molar-refractivity contribution in [3.8, 4) is 5.95 Å². The summed E-state index contributed by atoms with van der Waals surface area (Å²) in [4.78, 5) is 21.4. The van der Waals surface area contributed by atoms with Gasteiger partial charge in [-0.05, 0) is 44.5 Å². The van der Waals surface area contributed by atoms with Crippen molar-refractivity contribution in [2.45, 2.75) is 33.1 Å². The van der Waals surface area contributed by atoms with Crippen molar-refractivity contribution in [3.05, 3.63) is 63.6 Å². The van der Waals surface area contributed by atoms with Gasteiger partial charge in [-0.2, -0.15) is 9.78 Å². The van der Waals surface area contributed by atoms with E-state index >= 15 is 0 Å². The summed E-state index contributed by atoms with van der Waals surface area (Å²) in [6.45, 7) is 5.76. The van der Waals surface area contributed by atoms with Crippen LogP contribution in [-0.4, -0.2) is 25.7 Å². The van der Waals surface area contributed by atoms with Crippen LogP contribution in [0.1, 0.15) is 40.5 Å². The fourth-order valence-electron chi connectivity index (χ4n) is 3.50. The predicted molar refractivity (Wildman–Crippen MR) is 99.9 cm³/mol. The monoisotopic (exact) mass is 367 g/mol. The summed E-state index contributed by atoms with van der Waals surface area (Å²) in [6, 6.07) is 9.52. The molecule has 7 heteroatoms. The molecule has 4 rings (SSSR count). The Bertz CT molecular complexity index is 1010. The molecule has 1 aromatic carbocycles. The molecule has 1 N–H and O–H groups in total. The predicted octanol–water partition coefficient (Wildman–Crippen LogP) is 3.72. The third-order valence-electron chi connectivity index (χ3n) is 4.51. The van der Waals surface area contributed by atoms with Gasteiger partial charge in [-0.1, -0.05) is 23.7 Å². The summed E-state index contributed by atoms with van der Waals surface area (Å²) in [6.07, 6.45) is 0.355. The number of fused-ring (bicyclic) bond motifs is 1. The molecule has 132 valence electrons. The van der Waals surface area contributed by atoms with Crippen LogP contribution in [0, 0.1) is 20.8 Å². The molecular formula is C19H18ClN5O. The number of aryl methyl sites for hydroxylation is 3. The lowest BCUT2D eigenvalue weighted by molar-refractivity contribution is -0.116. The fraction of sp³-hybridized carbons (Fsp3) is 0.263. The molecule has 1 atom stereocenters. The molecule has 1 aliphatic rings. The maximum Gasteiger partial charge on any atom is 0.252 e. The van der Waals surface area contributed by atoms with Crippen LogP contribution in [0.4, 0.5) is 5.82 Å². The van der Waals surface area contributed by atoms with Gasteiger partial charge in [0.1, 0.15) is 5.82 Å². The van der Waals surface area contributed by atoms with Crippen molar-refractivity contribution in [2.24, 2.45) is 0 Å². The Balaban J connectivity index is 1.90. The minimum Gasteiger partial charge on any atom is -0.310 e. The van der Waals surface area contributed by atoms with Gasteiger partial charge in [-0.3, -0.25) is 4.79 Å². The smallest absolute Gasteiger partial charge is 0.252 e. The van der Waals surface area contributed by atoms with E-state index in [2.05, 4.69) is 20.4 Å². The van der Waals surface area contributed by atoms with Crippen molar-refractivity contribution >= 4 is 23.3 Å². The SMILES string of the molecule is Cc1cc(C)nc(-n2nc(C)c3c2NC(=O)CC3c2cccc(Cl)c2)n1. The lowest BCUT2D eigenvalue weighted by Gasteiger charge is -2.24. The van der Waals surface area contributed by atoms with E-state index in [-0.39, 0.29) is 11.8 Å². The van der Waals surface area contributed by atoms with Gasteiger partial charge in [0.2, 0.25) is 5.91 Å². The highest BCUT2D eigenvalue weighted by Crippen LogP contribution is 2.40. The van der Waals surface area contributed by atoms with Crippen molar-refractivity contribution in [3.63, 3.8) is 0 Å². The van der Waals surface area contributed by atoms with Gasteiger partial charge in [0.15, 0.2) is 0 Å². The van der Waals surface area contributed by atoms with E-state index < -0.39 is 0 Å². The van der Waals surface area contributed by atoms with E-state index in [0.29, 0.717) is 23.2 Å². The number of rotatable bonds is 2. The minimum absolute atomic E-state index is 0.0620. The number of hydrogen-bond acceptors (Lipinski definition) is 4. The van der Waals surface area contributed by atoms with Crippen molar-refractivity contribution in [2.75, 3.05) is 5.32 Å². The van der Waals surface area contributed by atoms with E-state index in [0.717, 1.165) is 28.2 Å². The van der Waals surface area contributed by atoms with Crippen LogP contribution >= 0.6 is 11.6 Å². The van der Waals surface area contributed by atoms with Crippen LogP contribution < -0.4 is 5.32 Å². The zero-order valence-corrected chi connectivity index (χ0v) is 15.5. The van der Waals surface area contributed by atoms with E-state index in [1.165, 1.54) is 0 Å². The molecule has 6 nitrogen and oxygen atoms in total. The standard InChI is InChI=1S/C19H18ClN5O/c1-10-7-11(2)22-19(21-10)25-18-17(12(3)24-25)15(9-16(26)23-18)13-5-4-6-14(20)8-13/h4-8,15H,9H2,1-3H3,(H,23,26). The highest BCUT2D eigenvalue weighted by Gasteiger charge is 2.33. The Labute approximate surface area is 156 Å². The van der Waals surface area contributed by atoms with Crippen LogP contribution in [0.2, 0.25) is 5.02 Å². The summed E-state index contributed by atoms with van der Waals surface area (Å²) < 4.78 is 1.62. The van der Waals surface area contributed by atoms with Gasteiger partial charge in [0.05, 0.1) is 5.69 Å². The summed E-state index contributed by atoms with van der Waals surface area (Å²) in [5, 5.41) is 8.22. The van der Waals surface area contributed by atoms with E-state index in [4.69, 9.17) is 11.6 Å². The number of hydrogen-bond donors (Lipinski definition) is 1. The molecule has 2 aromatic heterocycles. The Morgan fingerprint density at radius 1 is 1.15 bits per heavy atom. The molecule has 26 heavy (non-hydrogen) atoms. The summed E-state index contributed by atoms with van der Waals surface area (Å²) >= 11 is 6.16. The first kappa shape index (κ1) is 16.7. The summed E-state index contributed by atoms with van der Waals surface area (Å²) in [7, 11) is 0. The van der Waals surface area contributed by atoms with Crippen molar-refractivity contribution < 1.29 is 4.79 Å². The number of nitrogens with zero attached hydrogens (tertiary/aromatic N) is 4. The molecule has 0 spiro atoms. The molecule has 0 bridgehead atoms. The maximum atomic E-state index is 12.4. The Kier molecular flexibility index (Phi) is 4.00. The zero-order chi connectivity index (χ0) is 18.4. The first-order valence-corrected chi connectivity index (χ1v) is 8.77. The molecule has 0 fully saturated rings. The Morgan fingerprint density at radius 2 is 1.88 bits per heavy atom. The van der Waals surface area contributed by atoms with Gasteiger partial charge in [-0.25, -0.2) is 9.97 Å². The van der Waals surface area contributed by atoms with Gasteiger partial charge >= 0.3 is 0 Å². The van der Waals surface area contributed by atoms with Crippen LogP contribution in [0.25, 0.3) is 5.95 Å². The first-order chi connectivity index (χ1) is 12.4. The van der Waals surface area contributed by atoms with E-state index in [9.17, 15) is 4.79 Å². The number of carbonyl (C=O) groups excluding carboxylic acids is 1. The lowest BCUT2D eigenvalue weighted by atomic mass is 9.86. The van der Waals surface area contributed by atoms with Gasteiger partial charge in [0, 0.05) is 34.3 Å². The largest absolute Gasteiger partial charge is 0.310 e. The Morgan fingerprint density at radius 3 is 2.58 bits per heavy atom. The molecule has 1 unspecified atom stereocenters. The molecule has 0 aliphatic carbocycles. The maximum absolute atomic E-state index is 12.4. The number of aromatic nitrogens is 4. The van der Waals surface area contributed by atoms with Gasteiger partial charge in [-0.15, -0.1) is 0 Å². The quantitative estimate of drug-likeness (QED) is 0.749. The third-order valence-corrected chi connectivity index (χ3v) is 4.75. The van der Waals surface area contributed by atoms with Crippen molar-refractivity contribution in [1.29, 1.82) is 0 Å². The normalized spacial score (nSPS) is 16.3. The second-order valence-corrected chi connectivity index (χ2v) is 7.01. The van der Waals surface area contributed by atoms with Crippen LogP contribution in [0.3, 0.4) is 0 Å². The number of nitrogens with one attached hydrogen (secondary N) is 1. The number of carbonyl (C=O) groups is 1. The molecule has 0 saturated heterocycles. The number of anilines is 1. The number of amides is 1. The Hall–Kier alpha value is -2.73. The lowest BCUT2D eigenvalue weighted by Crippen LogP contribution is -2.25. The topological polar surface area (TPSA) is 72.7 Å². The molecule has 3 heterocycles. The van der Waals surface area contributed by atoms with Crippen LogP contribution in [0.15, 0.2) is 30.3 Å². The average Bonchev–Trinajstić information content (AvgIpc) is 2.90. The second-order valence-electron chi connectivity index (χ2n) is 6.57. The molecule has 1 amide bonds. The number of benzene rings is 1. The average molecular weight is 368 g/mol. The van der Waals surface area contributed by atoms with Crippen LogP contribution in [0.5, 0.6) is 0 Å². The fourth-order valence-corrected chi connectivity index (χ4v) is 3.70. The van der Waals surface area contributed by atoms with Crippen molar-refractivity contribution in [1.82, 2.24) is 19.7 Å². The highest BCUT2D eigenvalue weighted by atomic mass is 35.5. The summed E-state index contributed by atoms with van der Waals surface area (Å²) in [5.74, 6) is 0.928. The minimum atomic E-state index is -0.0999. The van der Waals surface area contributed by atoms with Gasteiger partial charge < -0.3 is 5.32 Å². The molecule has 3 aromatic rings. The first-order valence-electron chi connectivity index (χ1n) is 8.40. The highest BCUT2D eigenvalue weighted by molar-refractivity contribution is 6.30. The van der Waals surface area contributed by atoms with Gasteiger partial charge in [0.25, 0.3) is 5.95 Å². The number of halogens is 1. The molecule has 1 aliphatic heterocycles. The van der Waals surface area contributed by atoms with E-state index in [1.54, 1.807) is 4.68 Å². The second kappa shape index (κ2) is 6.21. The van der Waals surface area contributed by atoms with Crippen LogP contribution in [-0.2, 0) is 4.79 Å². The molecule has 0 radical (unpaired) electrons. The third kappa shape index (κ3) is 2.86. The molecular weight excluding hydrogens is 350 g/mol. The summed E-state index contributed by atoms with van der Waals surface area (Å²) in [5.41, 5.74) is 4.52. The van der Waals surface area contributed by atoms with E-state index in [1.807, 2.05) is 51.1 Å².